The van der Waals surface area contributed by atoms with E-state index in [9.17, 15) is 9.90 Å². The summed E-state index contributed by atoms with van der Waals surface area (Å²) in [6.45, 7) is 0.117. The van der Waals surface area contributed by atoms with Crippen molar-refractivity contribution in [3.63, 3.8) is 0 Å². The summed E-state index contributed by atoms with van der Waals surface area (Å²) >= 11 is 1.11. The van der Waals surface area contributed by atoms with Crippen molar-refractivity contribution in [3.8, 4) is 11.3 Å². The number of aliphatic hydroxyl groups is 1. The Hall–Kier alpha value is -3.03. The number of nitrogens with one attached hydrogen (secondary N) is 1. The highest BCUT2D eigenvalue weighted by atomic mass is 32.1. The lowest BCUT2D eigenvalue weighted by atomic mass is 10.1. The second kappa shape index (κ2) is 7.07. The molecule has 0 bridgehead atoms. The minimum absolute atomic E-state index is 0.117. The molecule has 0 aliphatic carbocycles. The van der Waals surface area contributed by atoms with Crippen LogP contribution in [0.2, 0.25) is 0 Å². The number of hydrogen-bond acceptors (Lipinski definition) is 6. The molecule has 1 atom stereocenters. The predicted octanol–water partition coefficient (Wildman–Crippen LogP) is 3.41. The van der Waals surface area contributed by atoms with Gasteiger partial charge in [-0.2, -0.15) is 8.75 Å². The summed E-state index contributed by atoms with van der Waals surface area (Å²) in [5.74, 6) is 0.512. The number of nitrogens with zero attached hydrogens (tertiary/aromatic N) is 2. The Morgan fingerprint density at radius 3 is 2.69 bits per heavy atom. The van der Waals surface area contributed by atoms with E-state index in [1.54, 1.807) is 24.5 Å². The Kier molecular flexibility index (Phi) is 4.47. The van der Waals surface area contributed by atoms with E-state index < -0.39 is 6.10 Å². The third kappa shape index (κ3) is 3.35. The number of rotatable bonds is 5. The zero-order valence-electron chi connectivity index (χ0n) is 13.6. The SMILES string of the molecule is O=C(NCC(O)c1ccc(-c2ccco2)cc1)c1ccc2nsnc2c1. The van der Waals surface area contributed by atoms with Crippen molar-refractivity contribution < 1.29 is 14.3 Å². The van der Waals surface area contributed by atoms with E-state index in [0.29, 0.717) is 11.1 Å². The molecule has 130 valence electrons. The summed E-state index contributed by atoms with van der Waals surface area (Å²) in [7, 11) is 0. The molecule has 1 unspecified atom stereocenters. The van der Waals surface area contributed by atoms with Crippen molar-refractivity contribution >= 4 is 28.7 Å². The molecule has 7 heteroatoms. The molecule has 0 aliphatic rings. The molecule has 26 heavy (non-hydrogen) atoms. The normalized spacial score (nSPS) is 12.2. The maximum absolute atomic E-state index is 12.3. The molecule has 2 N–H and O–H groups in total. The van der Waals surface area contributed by atoms with Crippen LogP contribution in [0.5, 0.6) is 0 Å². The number of aliphatic hydroxyl groups excluding tert-OH is 1. The van der Waals surface area contributed by atoms with E-state index in [1.807, 2.05) is 36.4 Å². The molecule has 2 aromatic heterocycles. The second-order valence-electron chi connectivity index (χ2n) is 5.79. The standard InChI is InChI=1S/C19H15N3O3S/c23-17(12-3-5-13(6-4-12)18-2-1-9-25-18)11-20-19(24)14-7-8-15-16(10-14)22-26-21-15/h1-10,17,23H,11H2,(H,20,24). The number of fused-ring (bicyclic) bond motifs is 1. The first-order chi connectivity index (χ1) is 12.7. The fourth-order valence-electron chi connectivity index (χ4n) is 2.65. The Labute approximate surface area is 153 Å². The van der Waals surface area contributed by atoms with Crippen LogP contribution in [0.3, 0.4) is 0 Å². The topological polar surface area (TPSA) is 88.2 Å². The average Bonchev–Trinajstić information content (AvgIpc) is 3.37. The third-order valence-corrected chi connectivity index (χ3v) is 4.63. The predicted molar refractivity (Wildman–Crippen MR) is 98.9 cm³/mol. The van der Waals surface area contributed by atoms with E-state index >= 15 is 0 Å². The molecular formula is C19H15N3O3S. The Morgan fingerprint density at radius 2 is 1.92 bits per heavy atom. The number of benzene rings is 2. The first-order valence-corrected chi connectivity index (χ1v) is 8.76. The highest BCUT2D eigenvalue weighted by Crippen LogP contribution is 2.22. The Morgan fingerprint density at radius 1 is 1.12 bits per heavy atom. The van der Waals surface area contributed by atoms with Gasteiger partial charge in [0, 0.05) is 17.7 Å². The van der Waals surface area contributed by atoms with Crippen LogP contribution in [-0.4, -0.2) is 26.3 Å². The van der Waals surface area contributed by atoms with Gasteiger partial charge in [0.1, 0.15) is 16.8 Å². The fourth-order valence-corrected chi connectivity index (χ4v) is 3.16. The number of amides is 1. The molecule has 2 heterocycles. The van der Waals surface area contributed by atoms with Crippen LogP contribution in [0, 0.1) is 0 Å². The van der Waals surface area contributed by atoms with Crippen molar-refractivity contribution in [2.75, 3.05) is 6.54 Å². The first-order valence-electron chi connectivity index (χ1n) is 8.03. The van der Waals surface area contributed by atoms with Gasteiger partial charge in [-0.1, -0.05) is 24.3 Å². The lowest BCUT2D eigenvalue weighted by Crippen LogP contribution is -2.28. The van der Waals surface area contributed by atoms with Gasteiger partial charge in [0.05, 0.1) is 24.1 Å². The summed E-state index contributed by atoms with van der Waals surface area (Å²) in [5, 5.41) is 13.1. The van der Waals surface area contributed by atoms with Crippen molar-refractivity contribution in [1.82, 2.24) is 14.1 Å². The van der Waals surface area contributed by atoms with Gasteiger partial charge in [-0.15, -0.1) is 0 Å². The smallest absolute Gasteiger partial charge is 0.251 e. The van der Waals surface area contributed by atoms with Crippen LogP contribution in [-0.2, 0) is 0 Å². The Bertz CT molecular complexity index is 1030. The van der Waals surface area contributed by atoms with Crippen LogP contribution in [0.15, 0.2) is 65.3 Å². The molecule has 0 saturated carbocycles. The lowest BCUT2D eigenvalue weighted by Gasteiger charge is -2.13. The number of carbonyl (C=O) groups is 1. The highest BCUT2D eigenvalue weighted by Gasteiger charge is 2.12. The molecular weight excluding hydrogens is 350 g/mol. The van der Waals surface area contributed by atoms with E-state index in [2.05, 4.69) is 14.1 Å². The number of furan rings is 1. The van der Waals surface area contributed by atoms with E-state index in [1.165, 1.54) is 0 Å². The largest absolute Gasteiger partial charge is 0.464 e. The summed E-state index contributed by atoms with van der Waals surface area (Å²) < 4.78 is 13.6. The summed E-state index contributed by atoms with van der Waals surface area (Å²) in [6.07, 6.45) is 0.821. The molecule has 0 radical (unpaired) electrons. The molecule has 0 aliphatic heterocycles. The van der Waals surface area contributed by atoms with Gasteiger partial charge in [-0.05, 0) is 35.9 Å². The van der Waals surface area contributed by atoms with Gasteiger partial charge in [0.15, 0.2) is 0 Å². The molecule has 0 spiro atoms. The van der Waals surface area contributed by atoms with Gasteiger partial charge < -0.3 is 14.8 Å². The summed E-state index contributed by atoms with van der Waals surface area (Å²) in [4.78, 5) is 12.3. The van der Waals surface area contributed by atoms with Gasteiger partial charge in [-0.25, -0.2) is 0 Å². The third-order valence-electron chi connectivity index (χ3n) is 4.07. The molecule has 0 fully saturated rings. The molecule has 0 saturated heterocycles. The monoisotopic (exact) mass is 365 g/mol. The molecule has 2 aromatic carbocycles. The van der Waals surface area contributed by atoms with Crippen LogP contribution in [0.4, 0.5) is 0 Å². The zero-order valence-corrected chi connectivity index (χ0v) is 14.4. The van der Waals surface area contributed by atoms with E-state index in [0.717, 1.165) is 34.1 Å². The quantitative estimate of drug-likeness (QED) is 0.566. The maximum atomic E-state index is 12.3. The molecule has 6 nitrogen and oxygen atoms in total. The molecule has 4 aromatic rings. The van der Waals surface area contributed by atoms with E-state index in [4.69, 9.17) is 4.42 Å². The fraction of sp³-hybridized carbons (Fsp3) is 0.105. The van der Waals surface area contributed by atoms with Crippen molar-refractivity contribution in [1.29, 1.82) is 0 Å². The van der Waals surface area contributed by atoms with Crippen molar-refractivity contribution in [3.05, 3.63) is 72.0 Å². The van der Waals surface area contributed by atoms with Gasteiger partial charge in [-0.3, -0.25) is 4.79 Å². The summed E-state index contributed by atoms with van der Waals surface area (Å²) in [5.41, 5.74) is 3.60. The van der Waals surface area contributed by atoms with Crippen LogP contribution in [0.25, 0.3) is 22.4 Å². The molecule has 4 rings (SSSR count). The van der Waals surface area contributed by atoms with Gasteiger partial charge in [0.2, 0.25) is 0 Å². The number of hydrogen-bond donors (Lipinski definition) is 2. The molecule has 1 amide bonds. The van der Waals surface area contributed by atoms with Gasteiger partial charge in [0.25, 0.3) is 5.91 Å². The highest BCUT2D eigenvalue weighted by molar-refractivity contribution is 7.00. The average molecular weight is 365 g/mol. The minimum atomic E-state index is -0.797. The van der Waals surface area contributed by atoms with Crippen LogP contribution < -0.4 is 5.32 Å². The first kappa shape index (κ1) is 16.4. The second-order valence-corrected chi connectivity index (χ2v) is 6.32. The minimum Gasteiger partial charge on any atom is -0.464 e. The number of aromatic nitrogens is 2. The lowest BCUT2D eigenvalue weighted by molar-refractivity contribution is 0.0916. The van der Waals surface area contributed by atoms with Gasteiger partial charge >= 0.3 is 0 Å². The van der Waals surface area contributed by atoms with Crippen molar-refractivity contribution in [2.24, 2.45) is 0 Å². The van der Waals surface area contributed by atoms with Crippen molar-refractivity contribution in [2.45, 2.75) is 6.10 Å². The summed E-state index contributed by atoms with van der Waals surface area (Å²) in [6, 6.07) is 16.3. The maximum Gasteiger partial charge on any atom is 0.251 e. The zero-order chi connectivity index (χ0) is 17.9. The van der Waals surface area contributed by atoms with Crippen LogP contribution in [0.1, 0.15) is 22.0 Å². The number of carbonyl (C=O) groups excluding carboxylic acids is 1. The van der Waals surface area contributed by atoms with Crippen LogP contribution >= 0.6 is 11.7 Å². The van der Waals surface area contributed by atoms with E-state index in [-0.39, 0.29) is 12.5 Å². The Balaban J connectivity index is 1.39.